The van der Waals surface area contributed by atoms with E-state index in [9.17, 15) is 53.5 Å². The van der Waals surface area contributed by atoms with Crippen LogP contribution in [0.3, 0.4) is 0 Å². The van der Waals surface area contributed by atoms with Gasteiger partial charge in [0.2, 0.25) is 23.1 Å². The second-order valence-corrected chi connectivity index (χ2v) is 9.33. The van der Waals surface area contributed by atoms with Crippen LogP contribution in [0, 0.1) is 23.3 Å². The molecule has 51 heavy (non-hydrogen) atoms. The number of nitrogens with zero attached hydrogens (tertiary/aromatic N) is 2. The Morgan fingerprint density at radius 2 is 1.02 bits per heavy atom. The van der Waals surface area contributed by atoms with E-state index < -0.39 is 93.1 Å². The second-order valence-electron chi connectivity index (χ2n) is 9.33. The van der Waals surface area contributed by atoms with Gasteiger partial charge in [-0.1, -0.05) is 0 Å². The first-order chi connectivity index (χ1) is 23.9. The molecule has 0 aliphatic heterocycles. The first kappa shape index (κ1) is 39.6. The standard InChI is InChI=1S/C16H12F5NO4.C15H10F5NO4/c1-3-25-15(23)8-6-12(16(19,20)21)22-7-11(8)26-10-5-4-9(17)13(18)14(10)24-2;1-23-13-9(4-3-8(16)12(13)17)25-10-6-21-11(15(18,19)20)5-7(10)14(22)24-2/h4-7H,3H2,1-2H3;3-6H,1-2H3. The third-order valence-electron chi connectivity index (χ3n) is 6.09. The Balaban J connectivity index is 0.000000276. The number of methoxy groups -OCH3 is 3. The molecule has 20 heteroatoms. The summed E-state index contributed by atoms with van der Waals surface area (Å²) in [6, 6.07) is 4.30. The van der Waals surface area contributed by atoms with Gasteiger partial charge in [-0.25, -0.2) is 28.3 Å². The summed E-state index contributed by atoms with van der Waals surface area (Å²) in [7, 11) is 3.04. The quantitative estimate of drug-likeness (QED) is 0.123. The van der Waals surface area contributed by atoms with Crippen LogP contribution < -0.4 is 18.9 Å². The Hall–Kier alpha value is -5.82. The van der Waals surface area contributed by atoms with Gasteiger partial charge in [0.25, 0.3) is 0 Å². The maximum Gasteiger partial charge on any atom is 0.433 e. The van der Waals surface area contributed by atoms with Crippen LogP contribution in [0.25, 0.3) is 0 Å². The Morgan fingerprint density at radius 1 is 0.627 bits per heavy atom. The number of rotatable bonds is 9. The molecule has 0 amide bonds. The molecule has 274 valence electrons. The third-order valence-corrected chi connectivity index (χ3v) is 6.09. The molecule has 0 aliphatic rings. The summed E-state index contributed by atoms with van der Waals surface area (Å²) >= 11 is 0. The molecule has 0 bridgehead atoms. The van der Waals surface area contributed by atoms with Gasteiger partial charge < -0.3 is 28.4 Å². The average Bonchev–Trinajstić information content (AvgIpc) is 3.07. The largest absolute Gasteiger partial charge is 0.490 e. The summed E-state index contributed by atoms with van der Waals surface area (Å²) in [4.78, 5) is 30.0. The van der Waals surface area contributed by atoms with Crippen molar-refractivity contribution in [2.75, 3.05) is 27.9 Å². The number of ether oxygens (including phenoxy) is 6. The zero-order valence-electron chi connectivity index (χ0n) is 26.3. The number of carbonyl (C=O) groups is 2. The minimum atomic E-state index is -4.81. The van der Waals surface area contributed by atoms with Gasteiger partial charge >= 0.3 is 24.3 Å². The minimum Gasteiger partial charge on any atom is -0.490 e. The molecule has 0 fully saturated rings. The smallest absolute Gasteiger partial charge is 0.433 e. The summed E-state index contributed by atoms with van der Waals surface area (Å²) in [5.41, 5.74) is -3.87. The highest BCUT2D eigenvalue weighted by Crippen LogP contribution is 2.39. The summed E-state index contributed by atoms with van der Waals surface area (Å²) in [6.07, 6.45) is -8.36. The average molecular weight is 741 g/mol. The Kier molecular flexibility index (Phi) is 12.6. The molecule has 10 nitrogen and oxygen atoms in total. The predicted molar refractivity (Wildman–Crippen MR) is 152 cm³/mol. The number of halogens is 10. The second kappa shape index (κ2) is 16.3. The highest BCUT2D eigenvalue weighted by molar-refractivity contribution is 5.93. The van der Waals surface area contributed by atoms with Gasteiger partial charge in [0.05, 0.1) is 40.3 Å². The number of alkyl halides is 6. The van der Waals surface area contributed by atoms with Crippen molar-refractivity contribution in [1.82, 2.24) is 9.97 Å². The van der Waals surface area contributed by atoms with Gasteiger partial charge in [-0.2, -0.15) is 35.1 Å². The molecular formula is C31H22F10N2O8. The highest BCUT2D eigenvalue weighted by atomic mass is 19.4. The van der Waals surface area contributed by atoms with Crippen LogP contribution in [-0.2, 0) is 21.8 Å². The minimum absolute atomic E-state index is 0.101. The van der Waals surface area contributed by atoms with Gasteiger partial charge in [-0.05, 0) is 43.3 Å². The van der Waals surface area contributed by atoms with Crippen LogP contribution >= 0.6 is 0 Å². The van der Waals surface area contributed by atoms with Crippen LogP contribution in [0.15, 0.2) is 48.8 Å². The van der Waals surface area contributed by atoms with E-state index in [-0.39, 0.29) is 18.1 Å². The lowest BCUT2D eigenvalue weighted by Gasteiger charge is -2.15. The molecule has 0 radical (unpaired) electrons. The Bertz CT molecular complexity index is 1900. The molecule has 4 aromatic rings. The number of esters is 2. The SMILES string of the molecule is CCOC(=O)c1cc(C(F)(F)F)ncc1Oc1ccc(F)c(F)c1OC.COC(=O)c1cc(C(F)(F)F)ncc1Oc1ccc(F)c(F)c1OC. The monoisotopic (exact) mass is 740 g/mol. The van der Waals surface area contributed by atoms with Crippen molar-refractivity contribution in [3.63, 3.8) is 0 Å². The molecule has 0 atom stereocenters. The van der Waals surface area contributed by atoms with E-state index in [1.54, 1.807) is 0 Å². The van der Waals surface area contributed by atoms with Gasteiger partial charge in [0.15, 0.2) is 34.6 Å². The molecule has 0 saturated heterocycles. The van der Waals surface area contributed by atoms with E-state index in [2.05, 4.69) is 19.4 Å². The lowest BCUT2D eigenvalue weighted by atomic mass is 10.2. The van der Waals surface area contributed by atoms with Crippen molar-refractivity contribution in [3.8, 4) is 34.5 Å². The molecule has 2 aromatic heterocycles. The normalized spacial score (nSPS) is 11.2. The van der Waals surface area contributed by atoms with E-state index in [1.807, 2.05) is 0 Å². The van der Waals surface area contributed by atoms with Crippen LogP contribution in [0.2, 0.25) is 0 Å². The third kappa shape index (κ3) is 9.45. The van der Waals surface area contributed by atoms with Crippen molar-refractivity contribution < 1.29 is 81.9 Å². The Labute approximate surface area is 280 Å². The van der Waals surface area contributed by atoms with Crippen LogP contribution in [0.4, 0.5) is 43.9 Å². The summed E-state index contributed by atoms with van der Waals surface area (Å²) in [5.74, 6) is -10.3. The molecule has 0 aliphatic carbocycles. The topological polar surface area (TPSA) is 115 Å². The van der Waals surface area contributed by atoms with Crippen molar-refractivity contribution in [3.05, 3.63) is 94.6 Å². The van der Waals surface area contributed by atoms with Crippen LogP contribution in [0.5, 0.6) is 34.5 Å². The number of hydrogen-bond acceptors (Lipinski definition) is 10. The molecule has 2 aromatic carbocycles. The highest BCUT2D eigenvalue weighted by Gasteiger charge is 2.36. The maximum atomic E-state index is 13.7. The van der Waals surface area contributed by atoms with Crippen molar-refractivity contribution in [2.45, 2.75) is 19.3 Å². The Morgan fingerprint density at radius 3 is 1.35 bits per heavy atom. The number of hydrogen-bond donors (Lipinski definition) is 0. The van der Waals surface area contributed by atoms with Crippen LogP contribution in [0.1, 0.15) is 39.0 Å². The zero-order chi connectivity index (χ0) is 38.3. The van der Waals surface area contributed by atoms with Crippen molar-refractivity contribution in [1.29, 1.82) is 0 Å². The number of carbonyl (C=O) groups excluding carboxylic acids is 2. The van der Waals surface area contributed by atoms with Crippen LogP contribution in [-0.4, -0.2) is 49.8 Å². The predicted octanol–water partition coefficient (Wildman–Crippen LogP) is 8.32. The molecule has 0 saturated carbocycles. The fourth-order valence-electron chi connectivity index (χ4n) is 3.80. The van der Waals surface area contributed by atoms with Gasteiger partial charge in [-0.3, -0.25) is 0 Å². The van der Waals surface area contributed by atoms with E-state index in [1.165, 1.54) is 6.92 Å². The molecule has 4 rings (SSSR count). The first-order valence-electron chi connectivity index (χ1n) is 13.7. The number of pyridine rings is 2. The van der Waals surface area contributed by atoms with Gasteiger partial charge in [0, 0.05) is 0 Å². The molecule has 2 heterocycles. The zero-order valence-corrected chi connectivity index (χ0v) is 26.3. The maximum absolute atomic E-state index is 13.7. The van der Waals surface area contributed by atoms with Gasteiger partial charge in [-0.15, -0.1) is 0 Å². The number of benzene rings is 2. The van der Waals surface area contributed by atoms with Gasteiger partial charge in [0.1, 0.15) is 22.5 Å². The fraction of sp³-hybridized carbons (Fsp3) is 0.226. The molecular weight excluding hydrogens is 718 g/mol. The molecule has 0 unspecified atom stereocenters. The van der Waals surface area contributed by atoms with E-state index in [0.717, 1.165) is 45.6 Å². The fourth-order valence-corrected chi connectivity index (χ4v) is 3.80. The summed E-state index contributed by atoms with van der Waals surface area (Å²) in [6.45, 7) is 1.36. The van der Waals surface area contributed by atoms with E-state index >= 15 is 0 Å². The van der Waals surface area contributed by atoms with Crippen molar-refractivity contribution in [2.24, 2.45) is 0 Å². The molecule has 0 N–H and O–H groups in total. The number of aromatic nitrogens is 2. The lowest BCUT2D eigenvalue weighted by Crippen LogP contribution is -2.13. The summed E-state index contributed by atoms with van der Waals surface area (Å²) in [5, 5.41) is 0. The van der Waals surface area contributed by atoms with Crippen molar-refractivity contribution >= 4 is 11.9 Å². The molecule has 0 spiro atoms. The first-order valence-corrected chi connectivity index (χ1v) is 13.7. The van der Waals surface area contributed by atoms with E-state index in [4.69, 9.17) is 18.9 Å². The van der Waals surface area contributed by atoms with E-state index in [0.29, 0.717) is 24.5 Å². The summed E-state index contributed by atoms with van der Waals surface area (Å²) < 4.78 is 159. The lowest BCUT2D eigenvalue weighted by molar-refractivity contribution is -0.142.